The number of hydrogen-bond donors (Lipinski definition) is 2. The molecule has 0 radical (unpaired) electrons. The maximum atomic E-state index is 11.0. The van der Waals surface area contributed by atoms with Crippen molar-refractivity contribution in [1.29, 1.82) is 0 Å². The fourth-order valence-electron chi connectivity index (χ4n) is 0.999. The molecule has 0 bridgehead atoms. The van der Waals surface area contributed by atoms with E-state index in [0.717, 1.165) is 5.56 Å². The molecule has 0 fully saturated rings. The summed E-state index contributed by atoms with van der Waals surface area (Å²) in [4.78, 5) is 11.0. The van der Waals surface area contributed by atoms with Gasteiger partial charge < -0.3 is 10.6 Å². The van der Waals surface area contributed by atoms with Crippen LogP contribution in [-0.4, -0.2) is 12.6 Å². The van der Waals surface area contributed by atoms with E-state index in [0.29, 0.717) is 11.6 Å². The molecule has 4 heteroatoms. The van der Waals surface area contributed by atoms with Gasteiger partial charge in [0, 0.05) is 17.8 Å². The molecule has 3 nitrogen and oxygen atoms in total. The van der Waals surface area contributed by atoms with Crippen molar-refractivity contribution in [1.82, 2.24) is 10.6 Å². The standard InChI is InChI=1S/C11H13ClN2O/c1-2-13-11(15)14-8-7-9-3-5-10(12)6-4-9/h3-8H,2H2,1H3,(H2,13,14,15)/b8-7+. The lowest BCUT2D eigenvalue weighted by Crippen LogP contribution is -2.31. The molecule has 0 heterocycles. The minimum Gasteiger partial charge on any atom is -0.338 e. The largest absolute Gasteiger partial charge is 0.338 e. The molecule has 0 atom stereocenters. The Bertz CT molecular complexity index is 346. The molecular weight excluding hydrogens is 212 g/mol. The van der Waals surface area contributed by atoms with E-state index < -0.39 is 0 Å². The van der Waals surface area contributed by atoms with Crippen LogP contribution in [0.5, 0.6) is 0 Å². The van der Waals surface area contributed by atoms with Crippen LogP contribution in [0.1, 0.15) is 12.5 Å². The molecule has 1 aromatic carbocycles. The third-order valence-corrected chi connectivity index (χ3v) is 1.95. The van der Waals surface area contributed by atoms with E-state index in [4.69, 9.17) is 11.6 Å². The average molecular weight is 225 g/mol. The summed E-state index contributed by atoms with van der Waals surface area (Å²) in [6.45, 7) is 2.48. The summed E-state index contributed by atoms with van der Waals surface area (Å²) in [5.74, 6) is 0. The molecule has 15 heavy (non-hydrogen) atoms. The quantitative estimate of drug-likeness (QED) is 0.814. The number of hydrogen-bond acceptors (Lipinski definition) is 1. The van der Waals surface area contributed by atoms with Crippen LogP contribution in [0.3, 0.4) is 0 Å². The number of carbonyl (C=O) groups is 1. The normalized spacial score (nSPS) is 10.3. The molecule has 0 aliphatic rings. The van der Waals surface area contributed by atoms with Gasteiger partial charge in [0.1, 0.15) is 0 Å². The zero-order chi connectivity index (χ0) is 11.1. The number of amides is 2. The molecule has 0 unspecified atom stereocenters. The maximum absolute atomic E-state index is 11.0. The van der Waals surface area contributed by atoms with Crippen molar-refractivity contribution in [2.24, 2.45) is 0 Å². The second kappa shape index (κ2) is 6.09. The summed E-state index contributed by atoms with van der Waals surface area (Å²) < 4.78 is 0. The number of nitrogens with one attached hydrogen (secondary N) is 2. The zero-order valence-electron chi connectivity index (χ0n) is 8.46. The summed E-state index contributed by atoms with van der Waals surface area (Å²) in [5, 5.41) is 5.90. The van der Waals surface area contributed by atoms with Crippen LogP contribution >= 0.6 is 11.6 Å². The highest BCUT2D eigenvalue weighted by molar-refractivity contribution is 6.30. The molecule has 1 rings (SSSR count). The fraction of sp³-hybridized carbons (Fsp3) is 0.182. The first-order valence-corrected chi connectivity index (χ1v) is 5.06. The fourth-order valence-corrected chi connectivity index (χ4v) is 1.13. The van der Waals surface area contributed by atoms with Crippen molar-refractivity contribution >= 4 is 23.7 Å². The van der Waals surface area contributed by atoms with Crippen molar-refractivity contribution in [2.75, 3.05) is 6.54 Å². The van der Waals surface area contributed by atoms with Crippen molar-refractivity contribution < 1.29 is 4.79 Å². The van der Waals surface area contributed by atoms with Gasteiger partial charge in [-0.25, -0.2) is 4.79 Å². The van der Waals surface area contributed by atoms with E-state index in [-0.39, 0.29) is 6.03 Å². The maximum Gasteiger partial charge on any atom is 0.318 e. The highest BCUT2D eigenvalue weighted by atomic mass is 35.5. The molecule has 0 spiro atoms. The number of carbonyl (C=O) groups excluding carboxylic acids is 1. The first-order valence-electron chi connectivity index (χ1n) is 4.69. The summed E-state index contributed by atoms with van der Waals surface area (Å²) in [7, 11) is 0. The number of halogens is 1. The van der Waals surface area contributed by atoms with E-state index >= 15 is 0 Å². The average Bonchev–Trinajstić information content (AvgIpc) is 2.21. The van der Waals surface area contributed by atoms with Crippen LogP contribution in [0.15, 0.2) is 30.5 Å². The Morgan fingerprint density at radius 3 is 2.67 bits per heavy atom. The summed E-state index contributed by atoms with van der Waals surface area (Å²) >= 11 is 5.73. The van der Waals surface area contributed by atoms with E-state index in [2.05, 4.69) is 10.6 Å². The van der Waals surface area contributed by atoms with Crippen molar-refractivity contribution in [3.05, 3.63) is 41.1 Å². The van der Waals surface area contributed by atoms with E-state index in [1.165, 1.54) is 0 Å². The molecule has 0 saturated carbocycles. The van der Waals surface area contributed by atoms with Gasteiger partial charge in [-0.1, -0.05) is 23.7 Å². The Morgan fingerprint density at radius 2 is 2.07 bits per heavy atom. The molecule has 0 aliphatic heterocycles. The molecule has 0 aliphatic carbocycles. The first-order chi connectivity index (χ1) is 7.22. The number of urea groups is 1. The molecule has 1 aromatic rings. The van der Waals surface area contributed by atoms with Gasteiger partial charge in [0.05, 0.1) is 0 Å². The van der Waals surface area contributed by atoms with Crippen LogP contribution in [-0.2, 0) is 0 Å². The molecule has 0 aromatic heterocycles. The van der Waals surface area contributed by atoms with Crippen molar-refractivity contribution in [3.63, 3.8) is 0 Å². The van der Waals surface area contributed by atoms with Crippen LogP contribution in [0.2, 0.25) is 5.02 Å². The highest BCUT2D eigenvalue weighted by Crippen LogP contribution is 2.09. The lowest BCUT2D eigenvalue weighted by Gasteiger charge is -1.99. The minimum atomic E-state index is -0.206. The van der Waals surface area contributed by atoms with Crippen molar-refractivity contribution in [2.45, 2.75) is 6.92 Å². The Kier molecular flexibility index (Phi) is 4.71. The highest BCUT2D eigenvalue weighted by Gasteiger charge is 1.91. The second-order valence-corrected chi connectivity index (χ2v) is 3.33. The third kappa shape index (κ3) is 4.51. The lowest BCUT2D eigenvalue weighted by atomic mass is 10.2. The first kappa shape index (κ1) is 11.6. The van der Waals surface area contributed by atoms with E-state index in [1.807, 2.05) is 19.1 Å². The summed E-state index contributed by atoms with van der Waals surface area (Å²) in [5.41, 5.74) is 0.983. The second-order valence-electron chi connectivity index (χ2n) is 2.89. The third-order valence-electron chi connectivity index (χ3n) is 1.70. The summed E-state index contributed by atoms with van der Waals surface area (Å²) in [6, 6.07) is 7.14. The van der Waals surface area contributed by atoms with Gasteiger partial charge in [0.2, 0.25) is 0 Å². The van der Waals surface area contributed by atoms with Crippen LogP contribution in [0.4, 0.5) is 4.79 Å². The zero-order valence-corrected chi connectivity index (χ0v) is 9.21. The topological polar surface area (TPSA) is 41.1 Å². The Morgan fingerprint density at radius 1 is 1.40 bits per heavy atom. The predicted octanol–water partition coefficient (Wildman–Crippen LogP) is 2.63. The number of rotatable bonds is 3. The molecule has 0 saturated heterocycles. The van der Waals surface area contributed by atoms with Crippen LogP contribution < -0.4 is 10.6 Å². The van der Waals surface area contributed by atoms with Gasteiger partial charge in [-0.15, -0.1) is 0 Å². The van der Waals surface area contributed by atoms with E-state index in [9.17, 15) is 4.79 Å². The van der Waals surface area contributed by atoms with Gasteiger partial charge in [-0.05, 0) is 30.7 Å². The van der Waals surface area contributed by atoms with Crippen LogP contribution in [0, 0.1) is 0 Å². The monoisotopic (exact) mass is 224 g/mol. The van der Waals surface area contributed by atoms with E-state index in [1.54, 1.807) is 24.4 Å². The van der Waals surface area contributed by atoms with Gasteiger partial charge in [-0.2, -0.15) is 0 Å². The minimum absolute atomic E-state index is 0.206. The SMILES string of the molecule is CCNC(=O)N/C=C/c1ccc(Cl)cc1. The van der Waals surface area contributed by atoms with Gasteiger partial charge >= 0.3 is 6.03 Å². The lowest BCUT2D eigenvalue weighted by molar-refractivity contribution is 0.244. The molecule has 2 amide bonds. The smallest absolute Gasteiger partial charge is 0.318 e. The Labute approximate surface area is 94.1 Å². The Hall–Kier alpha value is -1.48. The molecule has 80 valence electrons. The van der Waals surface area contributed by atoms with Gasteiger partial charge in [0.15, 0.2) is 0 Å². The Balaban J connectivity index is 2.44. The van der Waals surface area contributed by atoms with Crippen molar-refractivity contribution in [3.8, 4) is 0 Å². The predicted molar refractivity (Wildman–Crippen MR) is 62.7 cm³/mol. The number of benzene rings is 1. The molecular formula is C11H13ClN2O. The summed E-state index contributed by atoms with van der Waals surface area (Å²) in [6.07, 6.45) is 3.39. The van der Waals surface area contributed by atoms with Crippen LogP contribution in [0.25, 0.3) is 6.08 Å². The van der Waals surface area contributed by atoms with Gasteiger partial charge in [0.25, 0.3) is 0 Å². The molecule has 2 N–H and O–H groups in total. The van der Waals surface area contributed by atoms with Gasteiger partial charge in [-0.3, -0.25) is 0 Å².